The maximum absolute atomic E-state index is 12.7. The summed E-state index contributed by atoms with van der Waals surface area (Å²) in [5.74, 6) is -0.778. The summed E-state index contributed by atoms with van der Waals surface area (Å²) >= 11 is 12.0. The van der Waals surface area contributed by atoms with Gasteiger partial charge in [0.2, 0.25) is 0 Å². The lowest BCUT2D eigenvalue weighted by molar-refractivity contribution is 0.0926. The molecule has 3 nitrogen and oxygen atoms in total. The monoisotopic (exact) mass is 341 g/mol. The fourth-order valence-corrected chi connectivity index (χ4v) is 3.18. The SMILES string of the molecule is O=C1c2cc(Cl)c(Cl)cc2C(=O)N1c1cccc2ccccc12. The summed E-state index contributed by atoms with van der Waals surface area (Å²) in [7, 11) is 0. The van der Waals surface area contributed by atoms with E-state index < -0.39 is 0 Å². The third kappa shape index (κ3) is 2.05. The number of halogens is 2. The van der Waals surface area contributed by atoms with Crippen molar-refractivity contribution in [2.75, 3.05) is 4.90 Å². The van der Waals surface area contributed by atoms with E-state index in [4.69, 9.17) is 23.2 Å². The van der Waals surface area contributed by atoms with E-state index in [0.29, 0.717) is 5.69 Å². The quantitative estimate of drug-likeness (QED) is 0.587. The molecule has 0 spiro atoms. The van der Waals surface area contributed by atoms with Crippen LogP contribution in [0.5, 0.6) is 0 Å². The highest BCUT2D eigenvalue weighted by Gasteiger charge is 2.38. The molecule has 1 aliphatic heterocycles. The van der Waals surface area contributed by atoms with Crippen LogP contribution in [-0.2, 0) is 0 Å². The number of carbonyl (C=O) groups excluding carboxylic acids is 2. The molecular formula is C18H9Cl2NO2. The topological polar surface area (TPSA) is 37.4 Å². The number of carbonyl (C=O) groups is 2. The van der Waals surface area contributed by atoms with Crippen LogP contribution in [0.3, 0.4) is 0 Å². The van der Waals surface area contributed by atoms with Crippen LogP contribution in [0.25, 0.3) is 10.8 Å². The second kappa shape index (κ2) is 5.08. The van der Waals surface area contributed by atoms with Crippen molar-refractivity contribution in [1.29, 1.82) is 0 Å². The van der Waals surface area contributed by atoms with Gasteiger partial charge in [-0.3, -0.25) is 9.59 Å². The number of hydrogen-bond donors (Lipinski definition) is 0. The first-order valence-corrected chi connectivity index (χ1v) is 7.69. The number of fused-ring (bicyclic) bond motifs is 2. The molecule has 0 unspecified atom stereocenters. The molecule has 2 amide bonds. The first-order valence-electron chi connectivity index (χ1n) is 6.93. The van der Waals surface area contributed by atoms with Gasteiger partial charge in [-0.25, -0.2) is 4.90 Å². The van der Waals surface area contributed by atoms with Crippen LogP contribution in [0.15, 0.2) is 54.6 Å². The van der Waals surface area contributed by atoms with E-state index in [-0.39, 0.29) is 33.0 Å². The third-order valence-corrected chi connectivity index (χ3v) is 4.66. The van der Waals surface area contributed by atoms with Crippen molar-refractivity contribution in [2.24, 2.45) is 0 Å². The highest BCUT2D eigenvalue weighted by atomic mass is 35.5. The van der Waals surface area contributed by atoms with Crippen molar-refractivity contribution in [3.63, 3.8) is 0 Å². The minimum absolute atomic E-state index is 0.256. The second-order valence-electron chi connectivity index (χ2n) is 5.26. The average Bonchev–Trinajstić information content (AvgIpc) is 2.79. The van der Waals surface area contributed by atoms with E-state index in [2.05, 4.69) is 0 Å². The number of imide groups is 1. The average molecular weight is 342 g/mol. The molecule has 5 heteroatoms. The molecule has 23 heavy (non-hydrogen) atoms. The number of rotatable bonds is 1. The number of nitrogens with zero attached hydrogens (tertiary/aromatic N) is 1. The van der Waals surface area contributed by atoms with Gasteiger partial charge in [0.25, 0.3) is 11.8 Å². The molecule has 4 rings (SSSR count). The molecule has 0 aromatic heterocycles. The summed E-state index contributed by atoms with van der Waals surface area (Å²) in [5, 5.41) is 2.30. The van der Waals surface area contributed by atoms with E-state index in [1.165, 1.54) is 17.0 Å². The summed E-state index contributed by atoms with van der Waals surface area (Å²) in [6.07, 6.45) is 0. The molecule has 0 N–H and O–H groups in total. The highest BCUT2D eigenvalue weighted by Crippen LogP contribution is 2.36. The van der Waals surface area contributed by atoms with Gasteiger partial charge in [0, 0.05) is 5.39 Å². The van der Waals surface area contributed by atoms with E-state index >= 15 is 0 Å². The number of hydrogen-bond acceptors (Lipinski definition) is 2. The van der Waals surface area contributed by atoms with Gasteiger partial charge < -0.3 is 0 Å². The van der Waals surface area contributed by atoms with Crippen LogP contribution in [0, 0.1) is 0 Å². The fourth-order valence-electron chi connectivity index (χ4n) is 2.86. The predicted octanol–water partition coefficient (Wildman–Crippen LogP) is 4.95. The van der Waals surface area contributed by atoms with Gasteiger partial charge in [-0.2, -0.15) is 0 Å². The Balaban J connectivity index is 1.94. The molecular weight excluding hydrogens is 333 g/mol. The summed E-state index contributed by atoms with van der Waals surface area (Å²) in [6, 6.07) is 16.0. The van der Waals surface area contributed by atoms with Crippen LogP contribution in [0.2, 0.25) is 10.0 Å². The highest BCUT2D eigenvalue weighted by molar-refractivity contribution is 6.44. The van der Waals surface area contributed by atoms with Crippen molar-refractivity contribution in [3.05, 3.63) is 75.8 Å². The zero-order valence-electron chi connectivity index (χ0n) is 11.7. The maximum atomic E-state index is 12.7. The Morgan fingerprint density at radius 1 is 0.739 bits per heavy atom. The van der Waals surface area contributed by atoms with Gasteiger partial charge in [-0.15, -0.1) is 0 Å². The lowest BCUT2D eigenvalue weighted by Crippen LogP contribution is -2.29. The summed E-state index contributed by atoms with van der Waals surface area (Å²) in [5.41, 5.74) is 1.11. The van der Waals surface area contributed by atoms with Gasteiger partial charge in [0.1, 0.15) is 0 Å². The fraction of sp³-hybridized carbons (Fsp3) is 0. The van der Waals surface area contributed by atoms with Gasteiger partial charge in [0.05, 0.1) is 26.9 Å². The minimum Gasteiger partial charge on any atom is -0.268 e. The van der Waals surface area contributed by atoms with Crippen molar-refractivity contribution < 1.29 is 9.59 Å². The summed E-state index contributed by atoms with van der Waals surface area (Å²) < 4.78 is 0. The number of amides is 2. The Labute approximate surface area is 142 Å². The molecule has 112 valence electrons. The van der Waals surface area contributed by atoms with Crippen molar-refractivity contribution in [1.82, 2.24) is 0 Å². The van der Waals surface area contributed by atoms with E-state index in [1.807, 2.05) is 36.4 Å². The van der Waals surface area contributed by atoms with Crippen LogP contribution in [0.4, 0.5) is 5.69 Å². The van der Waals surface area contributed by atoms with Crippen LogP contribution < -0.4 is 4.90 Å². The van der Waals surface area contributed by atoms with Gasteiger partial charge in [0.15, 0.2) is 0 Å². The predicted molar refractivity (Wildman–Crippen MR) is 91.6 cm³/mol. The summed E-state index contributed by atoms with van der Waals surface area (Å²) in [4.78, 5) is 26.6. The van der Waals surface area contributed by atoms with Crippen LogP contribution >= 0.6 is 23.2 Å². The zero-order valence-corrected chi connectivity index (χ0v) is 13.2. The van der Waals surface area contributed by atoms with Gasteiger partial charge in [-0.1, -0.05) is 59.6 Å². The zero-order chi connectivity index (χ0) is 16.1. The minimum atomic E-state index is -0.389. The van der Waals surface area contributed by atoms with Crippen LogP contribution in [-0.4, -0.2) is 11.8 Å². The molecule has 1 aliphatic rings. The standard InChI is InChI=1S/C18H9Cl2NO2/c19-14-8-12-13(9-15(14)20)18(23)21(17(12)22)16-7-3-5-10-4-1-2-6-11(10)16/h1-9H. The molecule has 0 aliphatic carbocycles. The Morgan fingerprint density at radius 3 is 1.96 bits per heavy atom. The number of benzene rings is 3. The summed E-state index contributed by atoms with van der Waals surface area (Å²) in [6.45, 7) is 0. The van der Waals surface area contributed by atoms with E-state index in [0.717, 1.165) is 10.8 Å². The van der Waals surface area contributed by atoms with Gasteiger partial charge in [-0.05, 0) is 23.6 Å². The second-order valence-corrected chi connectivity index (χ2v) is 6.07. The Morgan fingerprint density at radius 2 is 1.30 bits per heavy atom. The molecule has 0 fully saturated rings. The smallest absolute Gasteiger partial charge is 0.266 e. The Hall–Kier alpha value is -2.36. The molecule has 0 atom stereocenters. The molecule has 0 saturated heterocycles. The molecule has 3 aromatic rings. The molecule has 0 radical (unpaired) electrons. The molecule has 1 heterocycles. The number of anilines is 1. The lowest BCUT2D eigenvalue weighted by Gasteiger charge is -2.16. The normalized spacial score (nSPS) is 13.7. The molecule has 0 saturated carbocycles. The maximum Gasteiger partial charge on any atom is 0.266 e. The Kier molecular flexibility index (Phi) is 3.15. The van der Waals surface area contributed by atoms with Crippen LogP contribution in [0.1, 0.15) is 20.7 Å². The molecule has 0 bridgehead atoms. The third-order valence-electron chi connectivity index (χ3n) is 3.93. The van der Waals surface area contributed by atoms with E-state index in [1.54, 1.807) is 6.07 Å². The van der Waals surface area contributed by atoms with E-state index in [9.17, 15) is 9.59 Å². The van der Waals surface area contributed by atoms with Crippen molar-refractivity contribution in [2.45, 2.75) is 0 Å². The lowest BCUT2D eigenvalue weighted by atomic mass is 10.1. The van der Waals surface area contributed by atoms with Crippen molar-refractivity contribution in [3.8, 4) is 0 Å². The molecule has 3 aromatic carbocycles. The van der Waals surface area contributed by atoms with Gasteiger partial charge >= 0.3 is 0 Å². The first-order chi connectivity index (χ1) is 11.1. The Bertz CT molecular complexity index is 951. The van der Waals surface area contributed by atoms with Crippen molar-refractivity contribution >= 4 is 51.5 Å². The first kappa shape index (κ1) is 14.2. The largest absolute Gasteiger partial charge is 0.268 e.